The Bertz CT molecular complexity index is 855. The first-order valence-electron chi connectivity index (χ1n) is 8.60. The Morgan fingerprint density at radius 2 is 1.96 bits per heavy atom. The Hall–Kier alpha value is -2.21. The lowest BCUT2D eigenvalue weighted by molar-refractivity contribution is -0.122. The van der Waals surface area contributed by atoms with Crippen molar-refractivity contribution in [3.8, 4) is 5.75 Å². The van der Waals surface area contributed by atoms with Gasteiger partial charge < -0.3 is 9.64 Å². The SMILES string of the molecule is CCN1C(=O)S/C(=C/c2cc3c(cc2OC)N(C)C(C)(C)C=C3C)C1=O. The normalized spacial score (nSPS) is 20.5. The maximum Gasteiger partial charge on any atom is 0.293 e. The summed E-state index contributed by atoms with van der Waals surface area (Å²) in [5.41, 5.74) is 4.09. The van der Waals surface area contributed by atoms with Crippen molar-refractivity contribution in [2.75, 3.05) is 25.6 Å². The average molecular weight is 372 g/mol. The number of methoxy groups -OCH3 is 1. The van der Waals surface area contributed by atoms with Crippen LogP contribution in [0.1, 0.15) is 38.8 Å². The number of benzene rings is 1. The van der Waals surface area contributed by atoms with Crippen LogP contribution < -0.4 is 9.64 Å². The smallest absolute Gasteiger partial charge is 0.293 e. The summed E-state index contributed by atoms with van der Waals surface area (Å²) in [7, 11) is 3.68. The van der Waals surface area contributed by atoms with Gasteiger partial charge in [0, 0.05) is 36.5 Å². The molecule has 26 heavy (non-hydrogen) atoms. The van der Waals surface area contributed by atoms with Gasteiger partial charge in [0.1, 0.15) is 5.75 Å². The number of ether oxygens (including phenoxy) is 1. The number of amides is 2. The van der Waals surface area contributed by atoms with Gasteiger partial charge in [0.05, 0.1) is 17.6 Å². The molecule has 0 N–H and O–H groups in total. The molecule has 1 saturated heterocycles. The average Bonchev–Trinajstić information content (AvgIpc) is 2.85. The quantitative estimate of drug-likeness (QED) is 0.737. The number of hydrogen-bond donors (Lipinski definition) is 0. The number of thioether (sulfide) groups is 1. The fourth-order valence-electron chi connectivity index (χ4n) is 3.40. The molecule has 1 fully saturated rings. The number of anilines is 1. The van der Waals surface area contributed by atoms with Crippen LogP contribution >= 0.6 is 11.8 Å². The van der Waals surface area contributed by atoms with E-state index in [1.54, 1.807) is 20.1 Å². The van der Waals surface area contributed by atoms with E-state index in [-0.39, 0.29) is 16.7 Å². The van der Waals surface area contributed by atoms with Crippen molar-refractivity contribution in [2.45, 2.75) is 33.2 Å². The molecular weight excluding hydrogens is 348 g/mol. The second-order valence-corrected chi connectivity index (χ2v) is 8.07. The molecule has 0 aliphatic carbocycles. The zero-order chi connectivity index (χ0) is 19.2. The summed E-state index contributed by atoms with van der Waals surface area (Å²) in [5.74, 6) is 0.442. The van der Waals surface area contributed by atoms with E-state index in [1.165, 1.54) is 10.5 Å². The number of allylic oxidation sites excluding steroid dienone is 1. The minimum atomic E-state index is -0.243. The molecule has 138 valence electrons. The topological polar surface area (TPSA) is 49.9 Å². The molecule has 0 bridgehead atoms. The number of carbonyl (C=O) groups is 2. The molecule has 0 spiro atoms. The maximum atomic E-state index is 12.4. The molecule has 6 heteroatoms. The van der Waals surface area contributed by atoms with E-state index in [1.807, 2.05) is 12.1 Å². The summed E-state index contributed by atoms with van der Waals surface area (Å²) in [6.07, 6.45) is 3.99. The van der Waals surface area contributed by atoms with Crippen molar-refractivity contribution in [1.82, 2.24) is 4.90 Å². The van der Waals surface area contributed by atoms with Gasteiger partial charge in [-0.1, -0.05) is 6.08 Å². The Balaban J connectivity index is 2.11. The number of carbonyl (C=O) groups excluding carboxylic acids is 2. The first-order valence-corrected chi connectivity index (χ1v) is 9.42. The van der Waals surface area contributed by atoms with Crippen LogP contribution in [0.5, 0.6) is 5.75 Å². The molecule has 1 aromatic carbocycles. The molecular formula is C20H24N2O3S. The molecule has 0 aromatic heterocycles. The molecule has 0 radical (unpaired) electrons. The van der Waals surface area contributed by atoms with Gasteiger partial charge >= 0.3 is 0 Å². The number of fused-ring (bicyclic) bond motifs is 1. The molecule has 2 aliphatic heterocycles. The molecule has 0 unspecified atom stereocenters. The van der Waals surface area contributed by atoms with Crippen LogP contribution in [0.3, 0.4) is 0 Å². The number of hydrogen-bond acceptors (Lipinski definition) is 5. The highest BCUT2D eigenvalue weighted by atomic mass is 32.2. The van der Waals surface area contributed by atoms with Crippen molar-refractivity contribution in [3.05, 3.63) is 34.2 Å². The molecule has 3 rings (SSSR count). The third kappa shape index (κ3) is 2.92. The van der Waals surface area contributed by atoms with E-state index < -0.39 is 0 Å². The van der Waals surface area contributed by atoms with Crippen LogP contribution in [-0.4, -0.2) is 42.3 Å². The third-order valence-electron chi connectivity index (χ3n) is 5.04. The predicted octanol–water partition coefficient (Wildman–Crippen LogP) is 4.38. The van der Waals surface area contributed by atoms with Gasteiger partial charge in [-0.15, -0.1) is 0 Å². The van der Waals surface area contributed by atoms with Gasteiger partial charge in [-0.3, -0.25) is 14.5 Å². The third-order valence-corrected chi connectivity index (χ3v) is 5.95. The van der Waals surface area contributed by atoms with Crippen LogP contribution in [0.2, 0.25) is 0 Å². The number of likely N-dealkylation sites (N-methyl/N-ethyl adjacent to an activating group) is 2. The van der Waals surface area contributed by atoms with E-state index >= 15 is 0 Å². The summed E-state index contributed by atoms with van der Waals surface area (Å²) in [6, 6.07) is 4.04. The zero-order valence-corrected chi connectivity index (χ0v) is 16.9. The summed E-state index contributed by atoms with van der Waals surface area (Å²) in [5, 5.41) is -0.224. The van der Waals surface area contributed by atoms with Crippen molar-refractivity contribution < 1.29 is 14.3 Å². The summed E-state index contributed by atoms with van der Waals surface area (Å²) in [4.78, 5) is 28.2. The van der Waals surface area contributed by atoms with Crippen LogP contribution in [0.15, 0.2) is 23.1 Å². The number of imide groups is 1. The fraction of sp³-hybridized carbons (Fsp3) is 0.400. The number of nitrogens with zero attached hydrogens (tertiary/aromatic N) is 2. The predicted molar refractivity (Wildman–Crippen MR) is 107 cm³/mol. The maximum absolute atomic E-state index is 12.4. The highest BCUT2D eigenvalue weighted by Gasteiger charge is 2.34. The number of rotatable bonds is 3. The molecule has 2 aliphatic rings. The van der Waals surface area contributed by atoms with Crippen LogP contribution in [0, 0.1) is 0 Å². The van der Waals surface area contributed by atoms with E-state index in [0.29, 0.717) is 17.2 Å². The zero-order valence-electron chi connectivity index (χ0n) is 16.0. The second-order valence-electron chi connectivity index (χ2n) is 7.08. The van der Waals surface area contributed by atoms with Crippen molar-refractivity contribution in [3.63, 3.8) is 0 Å². The van der Waals surface area contributed by atoms with Gasteiger partial charge in [0.2, 0.25) is 0 Å². The lowest BCUT2D eigenvalue weighted by atomic mass is 9.88. The molecule has 2 heterocycles. The lowest BCUT2D eigenvalue weighted by Gasteiger charge is -2.41. The highest BCUT2D eigenvalue weighted by Crippen LogP contribution is 2.42. The minimum Gasteiger partial charge on any atom is -0.496 e. The van der Waals surface area contributed by atoms with Gasteiger partial charge in [-0.05, 0) is 57.2 Å². The van der Waals surface area contributed by atoms with E-state index in [4.69, 9.17) is 4.74 Å². The Morgan fingerprint density at radius 1 is 1.27 bits per heavy atom. The Morgan fingerprint density at radius 3 is 2.54 bits per heavy atom. The monoisotopic (exact) mass is 372 g/mol. The summed E-state index contributed by atoms with van der Waals surface area (Å²) in [6.45, 7) is 8.60. The van der Waals surface area contributed by atoms with Gasteiger partial charge in [0.25, 0.3) is 11.1 Å². The minimum absolute atomic E-state index is 0.0899. The van der Waals surface area contributed by atoms with Crippen molar-refractivity contribution in [2.24, 2.45) is 0 Å². The fourth-order valence-corrected chi connectivity index (χ4v) is 4.29. The van der Waals surface area contributed by atoms with Gasteiger partial charge in [-0.2, -0.15) is 0 Å². The van der Waals surface area contributed by atoms with Gasteiger partial charge in [-0.25, -0.2) is 0 Å². The van der Waals surface area contributed by atoms with Crippen LogP contribution in [0.4, 0.5) is 10.5 Å². The highest BCUT2D eigenvalue weighted by molar-refractivity contribution is 8.18. The molecule has 0 saturated carbocycles. The Labute approximate surface area is 158 Å². The van der Waals surface area contributed by atoms with Crippen LogP contribution in [0.25, 0.3) is 11.6 Å². The van der Waals surface area contributed by atoms with Crippen molar-refractivity contribution in [1.29, 1.82) is 0 Å². The summed E-state index contributed by atoms with van der Waals surface area (Å²) < 4.78 is 5.58. The molecule has 1 aromatic rings. The van der Waals surface area contributed by atoms with Crippen LogP contribution in [-0.2, 0) is 4.79 Å². The second kappa shape index (κ2) is 6.50. The lowest BCUT2D eigenvalue weighted by Crippen LogP contribution is -2.42. The summed E-state index contributed by atoms with van der Waals surface area (Å²) >= 11 is 0.977. The van der Waals surface area contributed by atoms with Crippen molar-refractivity contribution >= 4 is 40.2 Å². The molecule has 5 nitrogen and oxygen atoms in total. The first-order chi connectivity index (χ1) is 12.2. The largest absolute Gasteiger partial charge is 0.496 e. The van der Waals surface area contributed by atoms with Gasteiger partial charge in [0.15, 0.2) is 0 Å². The Kier molecular flexibility index (Phi) is 4.65. The first kappa shape index (κ1) is 18.6. The van der Waals surface area contributed by atoms with E-state index in [9.17, 15) is 9.59 Å². The molecule has 2 amide bonds. The standard InChI is InChI=1S/C20H24N2O3S/c1-7-22-18(23)17(26-19(22)24)9-13-8-14-12(2)11-20(3,4)21(5)15(14)10-16(13)25-6/h8-11H,7H2,1-6H3/b17-9+. The van der Waals surface area contributed by atoms with E-state index in [0.717, 1.165) is 28.6 Å². The van der Waals surface area contributed by atoms with E-state index in [2.05, 4.69) is 38.8 Å². The molecule has 0 atom stereocenters.